The number of halogens is 1. The lowest BCUT2D eigenvalue weighted by atomic mass is 9.57. The Labute approximate surface area is 177 Å². The minimum Gasteiger partial charge on any atom is -0.377 e. The maximum absolute atomic E-state index is 12.7. The predicted octanol–water partition coefficient (Wildman–Crippen LogP) is 1.08. The fraction of sp³-hybridized carbons (Fsp3) is 0.722. The standard InChI is InChI=1S/C18H28N6O2.HI/c1-18(2)15(13-5-8-26-16(13)18)21-17(19-3)23-6-7-24(14(25)11-23)12-9-20-22(4)10-12;/h9-10,13,15-16H,5-8,11H2,1-4H3,(H,19,21);1H. The number of aryl methyl sites for hydroxylation is 1. The molecule has 8 nitrogen and oxygen atoms in total. The summed E-state index contributed by atoms with van der Waals surface area (Å²) in [5, 5.41) is 7.79. The lowest BCUT2D eigenvalue weighted by Gasteiger charge is -2.55. The highest BCUT2D eigenvalue weighted by atomic mass is 127. The van der Waals surface area contributed by atoms with Crippen molar-refractivity contribution in [1.29, 1.82) is 0 Å². The van der Waals surface area contributed by atoms with Gasteiger partial charge < -0.3 is 19.9 Å². The summed E-state index contributed by atoms with van der Waals surface area (Å²) in [5.74, 6) is 1.42. The second-order valence-electron chi connectivity index (χ2n) is 8.07. The molecule has 3 unspecified atom stereocenters. The Bertz CT molecular complexity index is 733. The summed E-state index contributed by atoms with van der Waals surface area (Å²) in [5.41, 5.74) is 0.935. The summed E-state index contributed by atoms with van der Waals surface area (Å²) in [6.45, 7) is 7.04. The lowest BCUT2D eigenvalue weighted by molar-refractivity contribution is -0.120. The molecule has 1 N–H and O–H groups in total. The number of piperazine rings is 1. The Morgan fingerprint density at radius 3 is 2.81 bits per heavy atom. The molecule has 9 heteroatoms. The van der Waals surface area contributed by atoms with Crippen molar-refractivity contribution in [2.45, 2.75) is 32.4 Å². The van der Waals surface area contributed by atoms with Crippen molar-refractivity contribution < 1.29 is 9.53 Å². The zero-order chi connectivity index (χ0) is 18.5. The monoisotopic (exact) mass is 488 g/mol. The number of amides is 1. The molecule has 150 valence electrons. The van der Waals surface area contributed by atoms with E-state index >= 15 is 0 Å². The summed E-state index contributed by atoms with van der Waals surface area (Å²) >= 11 is 0. The fourth-order valence-electron chi connectivity index (χ4n) is 4.73. The van der Waals surface area contributed by atoms with E-state index in [1.807, 2.05) is 13.2 Å². The predicted molar refractivity (Wildman–Crippen MR) is 114 cm³/mol. The normalized spacial score (nSPS) is 29.9. The second-order valence-corrected chi connectivity index (χ2v) is 8.07. The van der Waals surface area contributed by atoms with Gasteiger partial charge in [0.05, 0.1) is 18.0 Å². The van der Waals surface area contributed by atoms with Crippen LogP contribution in [-0.4, -0.2) is 72.0 Å². The largest absolute Gasteiger partial charge is 0.377 e. The van der Waals surface area contributed by atoms with E-state index in [1.165, 1.54) is 0 Å². The van der Waals surface area contributed by atoms with Crippen molar-refractivity contribution in [1.82, 2.24) is 20.0 Å². The van der Waals surface area contributed by atoms with E-state index in [4.69, 9.17) is 4.74 Å². The number of aromatic nitrogens is 2. The Balaban J connectivity index is 0.00000210. The molecule has 27 heavy (non-hydrogen) atoms. The number of hydrogen-bond acceptors (Lipinski definition) is 4. The first kappa shape index (κ1) is 20.4. The Morgan fingerprint density at radius 2 is 2.19 bits per heavy atom. The fourth-order valence-corrected chi connectivity index (χ4v) is 4.73. The average Bonchev–Trinajstić information content (AvgIpc) is 3.23. The highest BCUT2D eigenvalue weighted by Crippen LogP contribution is 2.52. The molecule has 3 aliphatic rings. The Hall–Kier alpha value is -1.36. The quantitative estimate of drug-likeness (QED) is 0.383. The van der Waals surface area contributed by atoms with Gasteiger partial charge in [-0.25, -0.2) is 0 Å². The van der Waals surface area contributed by atoms with Crippen molar-refractivity contribution in [3.05, 3.63) is 12.4 Å². The van der Waals surface area contributed by atoms with Gasteiger partial charge >= 0.3 is 0 Å². The number of anilines is 1. The first-order valence-electron chi connectivity index (χ1n) is 9.30. The molecule has 1 aromatic heterocycles. The molecule has 1 aromatic rings. The van der Waals surface area contributed by atoms with Crippen LogP contribution in [0.3, 0.4) is 0 Å². The molecular weight excluding hydrogens is 459 g/mol. The molecule has 2 saturated heterocycles. The zero-order valence-corrected chi connectivity index (χ0v) is 18.7. The second kappa shape index (κ2) is 7.57. The van der Waals surface area contributed by atoms with Crippen LogP contribution < -0.4 is 10.2 Å². The van der Waals surface area contributed by atoms with Crippen LogP contribution in [0, 0.1) is 11.3 Å². The molecule has 1 saturated carbocycles. The number of aliphatic imine (C=N–C) groups is 1. The number of guanidine groups is 1. The van der Waals surface area contributed by atoms with Crippen molar-refractivity contribution in [2.75, 3.05) is 38.2 Å². The molecule has 0 aromatic carbocycles. The SMILES string of the molecule is CN=C(NC1C2CCOC2C1(C)C)N1CCN(c2cnn(C)c2)C(=O)C1.I. The number of nitrogens with zero attached hydrogens (tertiary/aromatic N) is 5. The van der Waals surface area contributed by atoms with Gasteiger partial charge in [0.2, 0.25) is 5.91 Å². The number of carbonyl (C=O) groups excluding carboxylic acids is 1. The van der Waals surface area contributed by atoms with Gasteiger partial charge in [0.1, 0.15) is 6.54 Å². The summed E-state index contributed by atoms with van der Waals surface area (Å²) in [6, 6.07) is 0.333. The third-order valence-corrected chi connectivity index (χ3v) is 6.12. The van der Waals surface area contributed by atoms with E-state index in [0.29, 0.717) is 31.2 Å². The molecule has 0 spiro atoms. The van der Waals surface area contributed by atoms with E-state index in [0.717, 1.165) is 31.2 Å². The highest BCUT2D eigenvalue weighted by Gasteiger charge is 2.59. The molecule has 3 heterocycles. The van der Waals surface area contributed by atoms with Crippen LogP contribution in [0.1, 0.15) is 20.3 Å². The molecule has 4 rings (SSSR count). The molecular formula is C18H29IN6O2. The zero-order valence-electron chi connectivity index (χ0n) is 16.4. The summed E-state index contributed by atoms with van der Waals surface area (Å²) in [4.78, 5) is 21.0. The van der Waals surface area contributed by atoms with Crippen LogP contribution in [0.15, 0.2) is 17.4 Å². The number of ether oxygens (including phenoxy) is 1. The minimum absolute atomic E-state index is 0. The number of carbonyl (C=O) groups is 1. The number of rotatable bonds is 2. The van der Waals surface area contributed by atoms with Gasteiger partial charge in [0.25, 0.3) is 0 Å². The van der Waals surface area contributed by atoms with Crippen LogP contribution in [0.4, 0.5) is 5.69 Å². The van der Waals surface area contributed by atoms with E-state index < -0.39 is 0 Å². The average molecular weight is 488 g/mol. The lowest BCUT2D eigenvalue weighted by Crippen LogP contribution is -2.69. The third-order valence-electron chi connectivity index (χ3n) is 6.12. The number of fused-ring (bicyclic) bond motifs is 1. The molecule has 0 bridgehead atoms. The maximum atomic E-state index is 12.7. The van der Waals surface area contributed by atoms with Gasteiger partial charge in [0, 0.05) is 57.4 Å². The van der Waals surface area contributed by atoms with Crippen LogP contribution in [0.2, 0.25) is 0 Å². The first-order valence-corrected chi connectivity index (χ1v) is 9.30. The van der Waals surface area contributed by atoms with Gasteiger partial charge in [-0.1, -0.05) is 13.8 Å². The van der Waals surface area contributed by atoms with E-state index in [-0.39, 0.29) is 35.3 Å². The van der Waals surface area contributed by atoms with Crippen molar-refractivity contribution >= 4 is 41.5 Å². The Morgan fingerprint density at radius 1 is 1.41 bits per heavy atom. The van der Waals surface area contributed by atoms with Gasteiger partial charge in [0.15, 0.2) is 5.96 Å². The van der Waals surface area contributed by atoms with Crippen LogP contribution in [0.25, 0.3) is 0 Å². The summed E-state index contributed by atoms with van der Waals surface area (Å²) in [6.07, 6.45) is 5.04. The molecule has 1 aliphatic carbocycles. The topological polar surface area (TPSA) is 75.0 Å². The number of nitrogens with one attached hydrogen (secondary N) is 1. The van der Waals surface area contributed by atoms with Gasteiger partial charge in [-0.15, -0.1) is 24.0 Å². The maximum Gasteiger partial charge on any atom is 0.246 e. The molecule has 1 amide bonds. The third kappa shape index (κ3) is 3.43. The van der Waals surface area contributed by atoms with Gasteiger partial charge in [-0.3, -0.25) is 14.5 Å². The minimum atomic E-state index is 0. The molecule has 2 aliphatic heterocycles. The number of hydrogen-bond donors (Lipinski definition) is 1. The van der Waals surface area contributed by atoms with Crippen molar-refractivity contribution in [3.63, 3.8) is 0 Å². The molecule has 0 radical (unpaired) electrons. The summed E-state index contributed by atoms with van der Waals surface area (Å²) < 4.78 is 7.59. The van der Waals surface area contributed by atoms with Crippen molar-refractivity contribution in [2.24, 2.45) is 23.4 Å². The Kier molecular flexibility index (Phi) is 5.72. The van der Waals surface area contributed by atoms with E-state index in [9.17, 15) is 4.79 Å². The molecule has 3 atom stereocenters. The smallest absolute Gasteiger partial charge is 0.246 e. The van der Waals surface area contributed by atoms with Gasteiger partial charge in [-0.05, 0) is 6.42 Å². The van der Waals surface area contributed by atoms with Crippen LogP contribution >= 0.6 is 24.0 Å². The van der Waals surface area contributed by atoms with Crippen LogP contribution in [0.5, 0.6) is 0 Å². The van der Waals surface area contributed by atoms with Gasteiger partial charge in [-0.2, -0.15) is 5.10 Å². The van der Waals surface area contributed by atoms with E-state index in [2.05, 4.69) is 34.2 Å². The summed E-state index contributed by atoms with van der Waals surface area (Å²) in [7, 11) is 3.64. The first-order chi connectivity index (χ1) is 12.4. The molecule has 3 fully saturated rings. The van der Waals surface area contributed by atoms with Crippen molar-refractivity contribution in [3.8, 4) is 0 Å². The van der Waals surface area contributed by atoms with E-state index in [1.54, 1.807) is 22.8 Å². The van der Waals surface area contributed by atoms with Crippen LogP contribution in [-0.2, 0) is 16.6 Å². The highest BCUT2D eigenvalue weighted by molar-refractivity contribution is 14.0.